The highest BCUT2D eigenvalue weighted by atomic mass is 35.5. The van der Waals surface area contributed by atoms with Gasteiger partial charge < -0.3 is 15.0 Å². The van der Waals surface area contributed by atoms with Crippen molar-refractivity contribution in [3.8, 4) is 5.75 Å². The summed E-state index contributed by atoms with van der Waals surface area (Å²) >= 11 is 12.3. The molecule has 1 atom stereocenters. The van der Waals surface area contributed by atoms with Gasteiger partial charge in [-0.25, -0.2) is 8.42 Å². The summed E-state index contributed by atoms with van der Waals surface area (Å²) in [7, 11) is -2.67. The fourth-order valence-electron chi connectivity index (χ4n) is 3.95. The number of aryl methyl sites for hydroxylation is 1. The maximum atomic E-state index is 13.9. The van der Waals surface area contributed by atoms with Crippen LogP contribution in [-0.4, -0.2) is 51.4 Å². The van der Waals surface area contributed by atoms with Crippen molar-refractivity contribution in [1.29, 1.82) is 0 Å². The zero-order valence-electron chi connectivity index (χ0n) is 22.9. The number of halogens is 2. The van der Waals surface area contributed by atoms with Crippen LogP contribution in [0.15, 0.2) is 71.6 Å². The molecule has 0 aliphatic rings. The number of ether oxygens (including phenoxy) is 1. The number of hydrogen-bond donors (Lipinski definition) is 1. The number of carbonyl (C=O) groups is 2. The first-order valence-electron chi connectivity index (χ1n) is 12.7. The standard InChI is InChI=1S/C29H33Cl2N3O5S/c1-5-15-32-29(36)21(3)33(18-22-7-6-8-24(16-22)39-4)28(35)19-34(23-11-14-26(30)27(31)17-23)40(37,38)25-12-9-20(2)10-13-25/h6-14,16-17,21H,5,15,18-19H2,1-4H3,(H,32,36)/t21-/m1/s1. The Morgan fingerprint density at radius 3 is 2.33 bits per heavy atom. The van der Waals surface area contributed by atoms with Crippen molar-refractivity contribution in [2.24, 2.45) is 0 Å². The molecule has 0 heterocycles. The molecule has 8 nitrogen and oxygen atoms in total. The molecular weight excluding hydrogens is 573 g/mol. The summed E-state index contributed by atoms with van der Waals surface area (Å²) in [6, 6.07) is 16.9. The van der Waals surface area contributed by atoms with E-state index >= 15 is 0 Å². The molecule has 2 amide bonds. The van der Waals surface area contributed by atoms with Crippen molar-refractivity contribution >= 4 is 50.7 Å². The van der Waals surface area contributed by atoms with Crippen LogP contribution in [0.3, 0.4) is 0 Å². The topological polar surface area (TPSA) is 96.0 Å². The monoisotopic (exact) mass is 605 g/mol. The zero-order valence-corrected chi connectivity index (χ0v) is 25.2. The Bertz CT molecular complexity index is 1450. The quantitative estimate of drug-likeness (QED) is 0.296. The summed E-state index contributed by atoms with van der Waals surface area (Å²) in [4.78, 5) is 28.3. The highest BCUT2D eigenvalue weighted by Crippen LogP contribution is 2.31. The molecule has 1 N–H and O–H groups in total. The minimum absolute atomic E-state index is 0.00468. The molecule has 0 aromatic heterocycles. The van der Waals surface area contributed by atoms with Gasteiger partial charge >= 0.3 is 0 Å². The smallest absolute Gasteiger partial charge is 0.264 e. The van der Waals surface area contributed by atoms with Gasteiger partial charge in [-0.2, -0.15) is 0 Å². The lowest BCUT2D eigenvalue weighted by Gasteiger charge is -2.32. The van der Waals surface area contributed by atoms with E-state index in [4.69, 9.17) is 27.9 Å². The molecule has 11 heteroatoms. The Labute approximate surface area is 245 Å². The first-order valence-corrected chi connectivity index (χ1v) is 14.9. The third kappa shape index (κ3) is 7.68. The summed E-state index contributed by atoms with van der Waals surface area (Å²) in [5.74, 6) is -0.336. The average Bonchev–Trinajstić information content (AvgIpc) is 2.94. The third-order valence-corrected chi connectivity index (χ3v) is 8.81. The largest absolute Gasteiger partial charge is 0.497 e. The highest BCUT2D eigenvalue weighted by molar-refractivity contribution is 7.92. The van der Waals surface area contributed by atoms with E-state index < -0.39 is 28.5 Å². The Balaban J connectivity index is 2.05. The van der Waals surface area contributed by atoms with Crippen LogP contribution in [-0.2, 0) is 26.2 Å². The Morgan fingerprint density at radius 1 is 1.00 bits per heavy atom. The summed E-state index contributed by atoms with van der Waals surface area (Å²) in [6.07, 6.45) is 0.724. The molecule has 3 aromatic rings. The number of amides is 2. The van der Waals surface area contributed by atoms with Crippen molar-refractivity contribution in [3.05, 3.63) is 87.9 Å². The van der Waals surface area contributed by atoms with Gasteiger partial charge in [0.25, 0.3) is 10.0 Å². The number of methoxy groups -OCH3 is 1. The van der Waals surface area contributed by atoms with E-state index in [1.807, 2.05) is 13.8 Å². The first kappa shape index (κ1) is 31.3. The zero-order chi connectivity index (χ0) is 29.4. The molecule has 0 unspecified atom stereocenters. The van der Waals surface area contributed by atoms with E-state index in [0.29, 0.717) is 17.9 Å². The Hall–Kier alpha value is -3.27. The van der Waals surface area contributed by atoms with Crippen molar-refractivity contribution in [3.63, 3.8) is 0 Å². The number of nitrogens with zero attached hydrogens (tertiary/aromatic N) is 2. The molecule has 40 heavy (non-hydrogen) atoms. The second-order valence-corrected chi connectivity index (χ2v) is 11.9. The van der Waals surface area contributed by atoms with E-state index in [1.54, 1.807) is 43.3 Å². The van der Waals surface area contributed by atoms with Gasteiger partial charge in [-0.3, -0.25) is 13.9 Å². The van der Waals surface area contributed by atoms with E-state index in [-0.39, 0.29) is 33.1 Å². The molecule has 0 fully saturated rings. The SMILES string of the molecule is CCCNC(=O)[C@@H](C)N(Cc1cccc(OC)c1)C(=O)CN(c1ccc(Cl)c(Cl)c1)S(=O)(=O)c1ccc(C)cc1. The lowest BCUT2D eigenvalue weighted by Crippen LogP contribution is -2.51. The highest BCUT2D eigenvalue weighted by Gasteiger charge is 2.32. The van der Waals surface area contributed by atoms with E-state index in [2.05, 4.69) is 5.32 Å². The van der Waals surface area contributed by atoms with Gasteiger partial charge in [0, 0.05) is 13.1 Å². The summed E-state index contributed by atoms with van der Waals surface area (Å²) in [5.41, 5.74) is 1.76. The van der Waals surface area contributed by atoms with Crippen LogP contribution >= 0.6 is 23.2 Å². The summed E-state index contributed by atoms with van der Waals surface area (Å²) in [6.45, 7) is 5.30. The molecule has 0 aliphatic carbocycles. The summed E-state index contributed by atoms with van der Waals surface area (Å²) in [5, 5.41) is 3.19. The number of nitrogens with one attached hydrogen (secondary N) is 1. The van der Waals surface area contributed by atoms with E-state index in [9.17, 15) is 18.0 Å². The van der Waals surface area contributed by atoms with Crippen LogP contribution in [0.25, 0.3) is 0 Å². The number of carbonyl (C=O) groups excluding carboxylic acids is 2. The van der Waals surface area contributed by atoms with Gasteiger partial charge in [0.2, 0.25) is 11.8 Å². The fraction of sp³-hybridized carbons (Fsp3) is 0.310. The van der Waals surface area contributed by atoms with Crippen molar-refractivity contribution in [1.82, 2.24) is 10.2 Å². The van der Waals surface area contributed by atoms with Crippen LogP contribution < -0.4 is 14.4 Å². The second kappa shape index (κ2) is 13.9. The second-order valence-electron chi connectivity index (χ2n) is 9.26. The number of benzene rings is 3. The molecule has 0 bridgehead atoms. The molecule has 3 rings (SSSR count). The van der Waals surface area contributed by atoms with Gasteiger partial charge in [-0.15, -0.1) is 0 Å². The molecule has 0 spiro atoms. The number of hydrogen-bond acceptors (Lipinski definition) is 5. The van der Waals surface area contributed by atoms with Crippen LogP contribution in [0.2, 0.25) is 10.0 Å². The van der Waals surface area contributed by atoms with Gasteiger partial charge in [-0.05, 0) is 68.3 Å². The lowest BCUT2D eigenvalue weighted by molar-refractivity contribution is -0.139. The minimum Gasteiger partial charge on any atom is -0.497 e. The first-order chi connectivity index (χ1) is 19.0. The molecule has 0 saturated carbocycles. The molecular formula is C29H33Cl2N3O5S. The molecule has 0 saturated heterocycles. The summed E-state index contributed by atoms with van der Waals surface area (Å²) < 4.78 is 34.0. The van der Waals surface area contributed by atoms with Crippen LogP contribution in [0.4, 0.5) is 5.69 Å². The number of rotatable bonds is 12. The van der Waals surface area contributed by atoms with Gasteiger partial charge in [0.05, 0.1) is 27.7 Å². The van der Waals surface area contributed by atoms with Gasteiger partial charge in [0.15, 0.2) is 0 Å². The van der Waals surface area contributed by atoms with Gasteiger partial charge in [-0.1, -0.05) is 60.0 Å². The van der Waals surface area contributed by atoms with E-state index in [0.717, 1.165) is 16.3 Å². The molecule has 0 radical (unpaired) electrons. The minimum atomic E-state index is -4.21. The van der Waals surface area contributed by atoms with Crippen molar-refractivity contribution < 1.29 is 22.7 Å². The van der Waals surface area contributed by atoms with E-state index in [1.165, 1.54) is 42.3 Å². The van der Waals surface area contributed by atoms with Crippen LogP contribution in [0.5, 0.6) is 5.75 Å². The van der Waals surface area contributed by atoms with Crippen molar-refractivity contribution in [2.75, 3.05) is 24.5 Å². The predicted octanol–water partition coefficient (Wildman–Crippen LogP) is 5.45. The molecule has 0 aliphatic heterocycles. The van der Waals surface area contributed by atoms with Gasteiger partial charge in [0.1, 0.15) is 18.3 Å². The predicted molar refractivity (Wildman–Crippen MR) is 158 cm³/mol. The number of sulfonamides is 1. The van der Waals surface area contributed by atoms with Crippen LogP contribution in [0.1, 0.15) is 31.4 Å². The fourth-order valence-corrected chi connectivity index (χ4v) is 5.65. The molecule has 3 aromatic carbocycles. The third-order valence-electron chi connectivity index (χ3n) is 6.28. The lowest BCUT2D eigenvalue weighted by atomic mass is 10.1. The molecule has 214 valence electrons. The van der Waals surface area contributed by atoms with Crippen LogP contribution in [0, 0.1) is 6.92 Å². The Morgan fingerprint density at radius 2 is 1.70 bits per heavy atom. The maximum Gasteiger partial charge on any atom is 0.264 e. The Kier molecular flexibility index (Phi) is 10.8. The van der Waals surface area contributed by atoms with Crippen molar-refractivity contribution in [2.45, 2.75) is 44.7 Å². The maximum absolute atomic E-state index is 13.9. The number of anilines is 1. The average molecular weight is 607 g/mol. The normalized spacial score (nSPS) is 11.9.